The van der Waals surface area contributed by atoms with Crippen LogP contribution in [0, 0.1) is 18.3 Å². The minimum absolute atomic E-state index is 0.0993. The van der Waals surface area contributed by atoms with Gasteiger partial charge in [0.05, 0.1) is 17.8 Å². The zero-order valence-electron chi connectivity index (χ0n) is 8.91. The Morgan fingerprint density at radius 1 is 1.67 bits per heavy atom. The highest BCUT2D eigenvalue weighted by Crippen LogP contribution is 2.39. The number of nitrogens with one attached hydrogen (secondary N) is 1. The highest BCUT2D eigenvalue weighted by Gasteiger charge is 2.43. The van der Waals surface area contributed by atoms with E-state index in [0.717, 1.165) is 18.5 Å². The predicted molar refractivity (Wildman–Crippen MR) is 55.3 cm³/mol. The number of aliphatic hydroxyl groups is 1. The van der Waals surface area contributed by atoms with Crippen molar-refractivity contribution in [3.05, 3.63) is 11.3 Å². The van der Waals surface area contributed by atoms with Crippen molar-refractivity contribution < 1.29 is 5.11 Å². The third-order valence-corrected chi connectivity index (χ3v) is 2.87. The van der Waals surface area contributed by atoms with Crippen molar-refractivity contribution in [3.8, 4) is 6.07 Å². The topological polar surface area (TPSA) is 73.9 Å². The quantitative estimate of drug-likeness (QED) is 0.756. The number of aryl methyl sites for hydroxylation is 2. The second-order valence-electron chi connectivity index (χ2n) is 4.11. The summed E-state index contributed by atoms with van der Waals surface area (Å²) in [6.07, 6.45) is 1.89. The van der Waals surface area contributed by atoms with Crippen LogP contribution in [0.4, 0.5) is 5.82 Å². The summed E-state index contributed by atoms with van der Waals surface area (Å²) in [7, 11) is 1.80. The molecule has 2 N–H and O–H groups in total. The minimum atomic E-state index is -0.216. The van der Waals surface area contributed by atoms with Crippen LogP contribution in [0.15, 0.2) is 0 Å². The lowest BCUT2D eigenvalue weighted by Gasteiger charge is -2.15. The van der Waals surface area contributed by atoms with Gasteiger partial charge in [0.1, 0.15) is 17.5 Å². The molecule has 0 amide bonds. The van der Waals surface area contributed by atoms with Gasteiger partial charge >= 0.3 is 0 Å². The first-order valence-electron chi connectivity index (χ1n) is 4.94. The van der Waals surface area contributed by atoms with Crippen molar-refractivity contribution in [1.82, 2.24) is 9.78 Å². The molecule has 80 valence electrons. The zero-order valence-corrected chi connectivity index (χ0v) is 8.91. The molecule has 0 atom stereocenters. The number of anilines is 1. The van der Waals surface area contributed by atoms with Crippen molar-refractivity contribution in [2.45, 2.75) is 25.3 Å². The lowest BCUT2D eigenvalue weighted by atomic mass is 10.2. The van der Waals surface area contributed by atoms with Gasteiger partial charge in [-0.1, -0.05) is 0 Å². The maximum Gasteiger partial charge on any atom is 0.142 e. The van der Waals surface area contributed by atoms with E-state index in [1.807, 2.05) is 6.92 Å². The SMILES string of the molecule is Cc1nn(C)c(NC2(CO)CC2)c1C#N. The van der Waals surface area contributed by atoms with Crippen molar-refractivity contribution in [2.75, 3.05) is 11.9 Å². The monoisotopic (exact) mass is 206 g/mol. The van der Waals surface area contributed by atoms with Gasteiger partial charge in [0.25, 0.3) is 0 Å². The summed E-state index contributed by atoms with van der Waals surface area (Å²) in [6, 6.07) is 2.13. The fourth-order valence-electron chi connectivity index (χ4n) is 1.66. The van der Waals surface area contributed by atoms with Crippen molar-refractivity contribution in [2.24, 2.45) is 7.05 Å². The standard InChI is InChI=1S/C10H14N4O/c1-7-8(5-11)9(14(2)13-7)12-10(6-15)3-4-10/h12,15H,3-4,6H2,1-2H3. The van der Waals surface area contributed by atoms with Crippen LogP contribution in [0.5, 0.6) is 0 Å². The van der Waals surface area contributed by atoms with E-state index in [1.165, 1.54) is 0 Å². The van der Waals surface area contributed by atoms with E-state index in [2.05, 4.69) is 16.5 Å². The van der Waals surface area contributed by atoms with E-state index in [-0.39, 0.29) is 12.1 Å². The number of nitrogens with zero attached hydrogens (tertiary/aromatic N) is 3. The number of hydrogen-bond donors (Lipinski definition) is 2. The molecule has 0 bridgehead atoms. The van der Waals surface area contributed by atoms with Crippen LogP contribution >= 0.6 is 0 Å². The molecule has 0 saturated heterocycles. The molecule has 1 heterocycles. The molecule has 0 aromatic carbocycles. The summed E-state index contributed by atoms with van der Waals surface area (Å²) in [5, 5.41) is 25.6. The summed E-state index contributed by atoms with van der Waals surface area (Å²) in [6.45, 7) is 1.91. The summed E-state index contributed by atoms with van der Waals surface area (Å²) in [5.74, 6) is 0.710. The fraction of sp³-hybridized carbons (Fsp3) is 0.600. The molecule has 1 saturated carbocycles. The van der Waals surface area contributed by atoms with Gasteiger partial charge in [-0.15, -0.1) is 0 Å². The molecule has 0 spiro atoms. The summed E-state index contributed by atoms with van der Waals surface area (Å²) in [4.78, 5) is 0. The fourth-order valence-corrected chi connectivity index (χ4v) is 1.66. The molecular weight excluding hydrogens is 192 g/mol. The van der Waals surface area contributed by atoms with Crippen molar-refractivity contribution in [3.63, 3.8) is 0 Å². The Kier molecular flexibility index (Phi) is 2.16. The van der Waals surface area contributed by atoms with Gasteiger partial charge in [0, 0.05) is 7.05 Å². The maximum absolute atomic E-state index is 9.20. The lowest BCUT2D eigenvalue weighted by molar-refractivity contribution is 0.265. The Bertz CT molecular complexity index is 425. The van der Waals surface area contributed by atoms with Crippen LogP contribution < -0.4 is 5.32 Å². The van der Waals surface area contributed by atoms with Crippen LogP contribution in [-0.4, -0.2) is 27.0 Å². The normalized spacial score (nSPS) is 17.2. The maximum atomic E-state index is 9.20. The second kappa shape index (κ2) is 3.24. The van der Waals surface area contributed by atoms with Crippen LogP contribution in [0.25, 0.3) is 0 Å². The molecule has 0 aliphatic heterocycles. The third-order valence-electron chi connectivity index (χ3n) is 2.87. The highest BCUT2D eigenvalue weighted by atomic mass is 16.3. The molecule has 2 rings (SSSR count). The first-order valence-corrected chi connectivity index (χ1v) is 4.94. The van der Waals surface area contributed by atoms with E-state index >= 15 is 0 Å². The molecule has 0 unspecified atom stereocenters. The Morgan fingerprint density at radius 2 is 2.33 bits per heavy atom. The molecule has 1 aromatic rings. The summed E-state index contributed by atoms with van der Waals surface area (Å²) >= 11 is 0. The average molecular weight is 206 g/mol. The molecule has 15 heavy (non-hydrogen) atoms. The van der Waals surface area contributed by atoms with E-state index in [0.29, 0.717) is 11.4 Å². The largest absolute Gasteiger partial charge is 0.394 e. The van der Waals surface area contributed by atoms with Gasteiger partial charge in [0.2, 0.25) is 0 Å². The molecule has 1 aromatic heterocycles. The summed E-state index contributed by atoms with van der Waals surface area (Å²) < 4.78 is 1.66. The molecular formula is C10H14N4O. The van der Waals surface area contributed by atoms with Crippen LogP contribution in [-0.2, 0) is 7.05 Å². The first-order chi connectivity index (χ1) is 7.12. The number of nitriles is 1. The molecule has 1 fully saturated rings. The lowest BCUT2D eigenvalue weighted by Crippen LogP contribution is -2.27. The van der Waals surface area contributed by atoms with Gasteiger partial charge in [0.15, 0.2) is 0 Å². The zero-order chi connectivity index (χ0) is 11.1. The first kappa shape index (κ1) is 9.99. The Balaban J connectivity index is 2.32. The second-order valence-corrected chi connectivity index (χ2v) is 4.11. The molecule has 1 aliphatic rings. The van der Waals surface area contributed by atoms with Crippen molar-refractivity contribution in [1.29, 1.82) is 5.26 Å². The third kappa shape index (κ3) is 1.57. The van der Waals surface area contributed by atoms with E-state index < -0.39 is 0 Å². The van der Waals surface area contributed by atoms with Crippen LogP contribution in [0.1, 0.15) is 24.1 Å². The number of aliphatic hydroxyl groups excluding tert-OH is 1. The predicted octanol–water partition coefficient (Wildman–Crippen LogP) is 0.537. The van der Waals surface area contributed by atoms with E-state index in [9.17, 15) is 5.11 Å². The average Bonchev–Trinajstić information content (AvgIpc) is 2.92. The molecule has 1 aliphatic carbocycles. The number of hydrogen-bond acceptors (Lipinski definition) is 4. The van der Waals surface area contributed by atoms with Gasteiger partial charge in [-0.25, -0.2) is 0 Å². The number of aromatic nitrogens is 2. The Hall–Kier alpha value is -1.54. The van der Waals surface area contributed by atoms with Crippen molar-refractivity contribution >= 4 is 5.82 Å². The van der Waals surface area contributed by atoms with Gasteiger partial charge in [-0.05, 0) is 19.8 Å². The number of rotatable bonds is 3. The molecule has 5 heteroatoms. The van der Waals surface area contributed by atoms with Gasteiger partial charge in [-0.2, -0.15) is 10.4 Å². The van der Waals surface area contributed by atoms with Gasteiger partial charge in [-0.3, -0.25) is 4.68 Å². The Morgan fingerprint density at radius 3 is 2.80 bits per heavy atom. The minimum Gasteiger partial charge on any atom is -0.394 e. The molecule has 0 radical (unpaired) electrons. The summed E-state index contributed by atoms with van der Waals surface area (Å²) in [5.41, 5.74) is 1.07. The van der Waals surface area contributed by atoms with Crippen LogP contribution in [0.2, 0.25) is 0 Å². The smallest absolute Gasteiger partial charge is 0.142 e. The Labute approximate surface area is 88.3 Å². The van der Waals surface area contributed by atoms with E-state index in [4.69, 9.17) is 5.26 Å². The highest BCUT2D eigenvalue weighted by molar-refractivity contribution is 5.57. The van der Waals surface area contributed by atoms with E-state index in [1.54, 1.807) is 11.7 Å². The van der Waals surface area contributed by atoms with Gasteiger partial charge < -0.3 is 10.4 Å². The van der Waals surface area contributed by atoms with Crippen LogP contribution in [0.3, 0.4) is 0 Å². The molecule has 5 nitrogen and oxygen atoms in total.